The van der Waals surface area contributed by atoms with Crippen molar-refractivity contribution in [3.05, 3.63) is 59.2 Å². The molecule has 23 heavy (non-hydrogen) atoms. The van der Waals surface area contributed by atoms with Crippen LogP contribution < -0.4 is 15.2 Å². The quantitative estimate of drug-likeness (QED) is 0.397. The summed E-state index contributed by atoms with van der Waals surface area (Å²) in [5, 5.41) is 3.68. The lowest BCUT2D eigenvalue weighted by molar-refractivity contribution is 0.0511. The molecule has 2 aromatic carbocycles. The molecule has 6 heteroatoms. The fourth-order valence-corrected chi connectivity index (χ4v) is 1.96. The van der Waals surface area contributed by atoms with Gasteiger partial charge in [0, 0.05) is 5.56 Å². The average molecular weight is 314 g/mol. The second-order valence-corrected chi connectivity index (χ2v) is 4.76. The van der Waals surface area contributed by atoms with Crippen molar-refractivity contribution in [2.45, 2.75) is 6.92 Å². The predicted octanol–water partition coefficient (Wildman–Crippen LogP) is 2.49. The standard InChI is InChI=1S/C17H18N2O4/c1-11-7-9-12(10-8-11)16(18)19-23-17(20)13-5-4-6-14(21-2)15(13)22-3/h4-10H,1-3H3,(H2,18,19). The van der Waals surface area contributed by atoms with E-state index in [2.05, 4.69) is 5.16 Å². The Hall–Kier alpha value is -3.02. The molecule has 0 unspecified atom stereocenters. The summed E-state index contributed by atoms with van der Waals surface area (Å²) < 4.78 is 10.3. The second-order valence-electron chi connectivity index (χ2n) is 4.76. The van der Waals surface area contributed by atoms with Gasteiger partial charge in [-0.25, -0.2) is 4.79 Å². The molecule has 0 aliphatic carbocycles. The lowest BCUT2D eigenvalue weighted by Gasteiger charge is -2.10. The SMILES string of the molecule is COc1cccc(C(=O)O/N=C(\N)c2ccc(C)cc2)c1OC. The minimum atomic E-state index is -0.684. The summed E-state index contributed by atoms with van der Waals surface area (Å²) in [6, 6.07) is 12.3. The number of rotatable bonds is 5. The number of aryl methyl sites for hydroxylation is 1. The Morgan fingerprint density at radius 2 is 1.74 bits per heavy atom. The van der Waals surface area contributed by atoms with Crippen molar-refractivity contribution in [3.63, 3.8) is 0 Å². The van der Waals surface area contributed by atoms with E-state index in [1.165, 1.54) is 14.2 Å². The van der Waals surface area contributed by atoms with Gasteiger partial charge in [-0.1, -0.05) is 41.1 Å². The monoisotopic (exact) mass is 314 g/mol. The number of amidine groups is 1. The molecular formula is C17H18N2O4. The molecule has 0 aliphatic heterocycles. The lowest BCUT2D eigenvalue weighted by Crippen LogP contribution is -2.15. The minimum Gasteiger partial charge on any atom is -0.493 e. The van der Waals surface area contributed by atoms with Crippen molar-refractivity contribution < 1.29 is 19.1 Å². The van der Waals surface area contributed by atoms with Crippen LogP contribution in [0.4, 0.5) is 0 Å². The second kappa shape index (κ2) is 7.31. The molecule has 0 heterocycles. The van der Waals surface area contributed by atoms with Gasteiger partial charge in [0.25, 0.3) is 0 Å². The molecule has 0 aliphatic rings. The summed E-state index contributed by atoms with van der Waals surface area (Å²) in [5.41, 5.74) is 7.78. The first kappa shape index (κ1) is 16.4. The van der Waals surface area contributed by atoms with Gasteiger partial charge in [-0.15, -0.1) is 0 Å². The van der Waals surface area contributed by atoms with Crippen molar-refractivity contribution in [1.82, 2.24) is 0 Å². The van der Waals surface area contributed by atoms with E-state index in [9.17, 15) is 4.79 Å². The zero-order valence-electron chi connectivity index (χ0n) is 13.2. The summed E-state index contributed by atoms with van der Waals surface area (Å²) >= 11 is 0. The predicted molar refractivity (Wildman–Crippen MR) is 86.9 cm³/mol. The number of hydrogen-bond acceptors (Lipinski definition) is 5. The van der Waals surface area contributed by atoms with Crippen LogP contribution >= 0.6 is 0 Å². The fraction of sp³-hybridized carbons (Fsp3) is 0.176. The maximum absolute atomic E-state index is 12.2. The largest absolute Gasteiger partial charge is 0.493 e. The molecule has 0 radical (unpaired) electrons. The maximum Gasteiger partial charge on any atom is 0.369 e. The number of oxime groups is 1. The molecule has 0 spiro atoms. The molecule has 0 amide bonds. The highest BCUT2D eigenvalue weighted by molar-refractivity contribution is 5.98. The zero-order valence-corrected chi connectivity index (χ0v) is 13.2. The van der Waals surface area contributed by atoms with Gasteiger partial charge in [-0.05, 0) is 19.1 Å². The van der Waals surface area contributed by atoms with Crippen LogP contribution in [0.3, 0.4) is 0 Å². The van der Waals surface area contributed by atoms with Gasteiger partial charge in [-0.3, -0.25) is 0 Å². The van der Waals surface area contributed by atoms with Crippen LogP contribution in [0.25, 0.3) is 0 Å². The Balaban J connectivity index is 2.19. The average Bonchev–Trinajstić information content (AvgIpc) is 2.59. The van der Waals surface area contributed by atoms with Crippen LogP contribution in [0.1, 0.15) is 21.5 Å². The fourth-order valence-electron chi connectivity index (χ4n) is 1.96. The third-order valence-corrected chi connectivity index (χ3v) is 3.20. The number of methoxy groups -OCH3 is 2. The Morgan fingerprint density at radius 3 is 2.35 bits per heavy atom. The van der Waals surface area contributed by atoms with Gasteiger partial charge in [0.2, 0.25) is 0 Å². The van der Waals surface area contributed by atoms with Crippen LogP contribution in [-0.2, 0) is 4.84 Å². The lowest BCUT2D eigenvalue weighted by atomic mass is 10.1. The van der Waals surface area contributed by atoms with Crippen LogP contribution in [0, 0.1) is 6.92 Å². The molecule has 6 nitrogen and oxygen atoms in total. The van der Waals surface area contributed by atoms with E-state index in [1.54, 1.807) is 30.3 Å². The number of carbonyl (C=O) groups is 1. The van der Waals surface area contributed by atoms with Crippen LogP contribution in [0.5, 0.6) is 11.5 Å². The van der Waals surface area contributed by atoms with Gasteiger partial charge in [0.1, 0.15) is 5.56 Å². The zero-order chi connectivity index (χ0) is 16.8. The Bertz CT molecular complexity index is 724. The summed E-state index contributed by atoms with van der Waals surface area (Å²) in [5.74, 6) is 0.137. The van der Waals surface area contributed by atoms with Crippen LogP contribution in [0.2, 0.25) is 0 Å². The number of hydrogen-bond donors (Lipinski definition) is 1. The molecule has 0 atom stereocenters. The first-order chi connectivity index (χ1) is 11.1. The molecule has 2 rings (SSSR count). The molecule has 0 saturated heterocycles. The molecule has 2 aromatic rings. The third-order valence-electron chi connectivity index (χ3n) is 3.20. The molecule has 120 valence electrons. The first-order valence-electron chi connectivity index (χ1n) is 6.89. The van der Waals surface area contributed by atoms with Crippen molar-refractivity contribution in [2.75, 3.05) is 14.2 Å². The van der Waals surface area contributed by atoms with Crippen molar-refractivity contribution in [3.8, 4) is 11.5 Å². The highest BCUT2D eigenvalue weighted by Crippen LogP contribution is 2.31. The van der Waals surface area contributed by atoms with Crippen LogP contribution in [-0.4, -0.2) is 26.0 Å². The number of ether oxygens (including phenoxy) is 2. The van der Waals surface area contributed by atoms with E-state index >= 15 is 0 Å². The van der Waals surface area contributed by atoms with Gasteiger partial charge in [-0.2, -0.15) is 0 Å². The Morgan fingerprint density at radius 1 is 1.04 bits per heavy atom. The summed E-state index contributed by atoms with van der Waals surface area (Å²) in [7, 11) is 2.93. The maximum atomic E-state index is 12.2. The molecule has 0 saturated carbocycles. The van der Waals surface area contributed by atoms with Gasteiger partial charge in [0.15, 0.2) is 17.3 Å². The highest BCUT2D eigenvalue weighted by Gasteiger charge is 2.18. The Labute approximate surface area is 134 Å². The van der Waals surface area contributed by atoms with Crippen molar-refractivity contribution in [2.24, 2.45) is 10.9 Å². The van der Waals surface area contributed by atoms with Crippen molar-refractivity contribution in [1.29, 1.82) is 0 Å². The van der Waals surface area contributed by atoms with Gasteiger partial charge >= 0.3 is 5.97 Å². The number of benzene rings is 2. The summed E-state index contributed by atoms with van der Waals surface area (Å²) in [6.07, 6.45) is 0. The molecule has 0 aromatic heterocycles. The van der Waals surface area contributed by atoms with Crippen molar-refractivity contribution >= 4 is 11.8 Å². The first-order valence-corrected chi connectivity index (χ1v) is 6.89. The van der Waals surface area contributed by atoms with Gasteiger partial charge in [0.05, 0.1) is 14.2 Å². The summed E-state index contributed by atoms with van der Waals surface area (Å²) in [6.45, 7) is 1.96. The molecule has 0 fully saturated rings. The number of nitrogens with two attached hydrogens (primary N) is 1. The van der Waals surface area contributed by atoms with Gasteiger partial charge < -0.3 is 20.0 Å². The number of carbonyl (C=O) groups excluding carboxylic acids is 1. The minimum absolute atomic E-state index is 0.111. The van der Waals surface area contributed by atoms with E-state index in [0.717, 1.165) is 5.56 Å². The third kappa shape index (κ3) is 3.79. The smallest absolute Gasteiger partial charge is 0.369 e. The normalized spacial score (nSPS) is 11.0. The van der Waals surface area contributed by atoms with E-state index in [4.69, 9.17) is 20.0 Å². The topological polar surface area (TPSA) is 83.1 Å². The molecule has 2 N–H and O–H groups in total. The summed E-state index contributed by atoms with van der Waals surface area (Å²) in [4.78, 5) is 17.1. The van der Waals surface area contributed by atoms with E-state index in [-0.39, 0.29) is 17.1 Å². The number of para-hydroxylation sites is 1. The van der Waals surface area contributed by atoms with Crippen LogP contribution in [0.15, 0.2) is 47.6 Å². The molecular weight excluding hydrogens is 296 g/mol. The van der Waals surface area contributed by atoms with E-state index in [1.807, 2.05) is 19.1 Å². The number of nitrogens with zero attached hydrogens (tertiary/aromatic N) is 1. The Kier molecular flexibility index (Phi) is 5.19. The van der Waals surface area contributed by atoms with E-state index < -0.39 is 5.97 Å². The van der Waals surface area contributed by atoms with E-state index in [0.29, 0.717) is 11.3 Å². The highest BCUT2D eigenvalue weighted by atomic mass is 16.7. The molecule has 0 bridgehead atoms.